The molecule has 0 heterocycles. The molecule has 0 aliphatic carbocycles. The van der Waals surface area contributed by atoms with Gasteiger partial charge in [-0.25, -0.2) is 12.8 Å². The molecule has 35 heavy (non-hydrogen) atoms. The zero-order valence-corrected chi connectivity index (χ0v) is 20.8. The van der Waals surface area contributed by atoms with Crippen LogP contribution in [0.5, 0.6) is 17.2 Å². The first-order valence-electron chi connectivity index (χ1n) is 10.3. The SMILES string of the molecule is COc1ccccc1CNC(=O)CN(c1ccc(F)c(Cl)c1)S(=O)(=O)c1ccc(OC)c(OC)c1. The second-order valence-corrected chi connectivity index (χ2v) is 9.48. The third-order valence-corrected chi connectivity index (χ3v) is 7.15. The van der Waals surface area contributed by atoms with Crippen molar-refractivity contribution in [3.63, 3.8) is 0 Å². The van der Waals surface area contributed by atoms with Crippen molar-refractivity contribution in [1.82, 2.24) is 5.32 Å². The van der Waals surface area contributed by atoms with Gasteiger partial charge in [-0.3, -0.25) is 9.10 Å². The van der Waals surface area contributed by atoms with Gasteiger partial charge in [0.2, 0.25) is 5.91 Å². The molecule has 3 rings (SSSR count). The van der Waals surface area contributed by atoms with Crippen molar-refractivity contribution in [3.8, 4) is 17.2 Å². The molecule has 3 aromatic rings. The van der Waals surface area contributed by atoms with Crippen LogP contribution in [0.2, 0.25) is 5.02 Å². The van der Waals surface area contributed by atoms with Crippen LogP contribution in [0.1, 0.15) is 5.56 Å². The van der Waals surface area contributed by atoms with Crippen LogP contribution >= 0.6 is 11.6 Å². The lowest BCUT2D eigenvalue weighted by Crippen LogP contribution is -2.40. The predicted molar refractivity (Wildman–Crippen MR) is 130 cm³/mol. The standard InChI is InChI=1S/C24H24ClFN2O6S/c1-32-21-7-5-4-6-16(21)14-27-24(29)15-28(17-8-10-20(26)19(25)12-17)35(30,31)18-9-11-22(33-2)23(13-18)34-3/h4-13H,14-15H2,1-3H3,(H,27,29). The lowest BCUT2D eigenvalue weighted by atomic mass is 10.2. The Hall–Kier alpha value is -3.50. The molecular formula is C24H24ClFN2O6S. The first-order valence-corrected chi connectivity index (χ1v) is 12.1. The van der Waals surface area contributed by atoms with E-state index in [1.165, 1.54) is 45.6 Å². The third kappa shape index (κ3) is 5.95. The maximum Gasteiger partial charge on any atom is 0.264 e. The Morgan fingerprint density at radius 3 is 2.29 bits per heavy atom. The fourth-order valence-corrected chi connectivity index (χ4v) is 4.89. The van der Waals surface area contributed by atoms with Gasteiger partial charge in [0.15, 0.2) is 11.5 Å². The van der Waals surface area contributed by atoms with Gasteiger partial charge in [-0.05, 0) is 36.4 Å². The van der Waals surface area contributed by atoms with Crippen LogP contribution in [0.3, 0.4) is 0 Å². The third-order valence-electron chi connectivity index (χ3n) is 5.09. The second kappa shape index (κ2) is 11.3. The van der Waals surface area contributed by atoms with E-state index in [2.05, 4.69) is 5.32 Å². The molecule has 3 aromatic carbocycles. The van der Waals surface area contributed by atoms with Crippen molar-refractivity contribution in [2.45, 2.75) is 11.4 Å². The molecular weight excluding hydrogens is 499 g/mol. The number of nitrogens with zero attached hydrogens (tertiary/aromatic N) is 1. The number of ether oxygens (including phenoxy) is 3. The normalized spacial score (nSPS) is 11.0. The van der Waals surface area contributed by atoms with E-state index in [-0.39, 0.29) is 27.9 Å². The molecule has 0 radical (unpaired) electrons. The summed E-state index contributed by atoms with van der Waals surface area (Å²) in [6.45, 7) is -0.481. The van der Waals surface area contributed by atoms with Crippen LogP contribution in [0.25, 0.3) is 0 Å². The largest absolute Gasteiger partial charge is 0.496 e. The van der Waals surface area contributed by atoms with E-state index in [1.807, 2.05) is 0 Å². The molecule has 186 valence electrons. The van der Waals surface area contributed by atoms with Crippen LogP contribution in [0.4, 0.5) is 10.1 Å². The molecule has 1 amide bonds. The molecule has 0 saturated carbocycles. The van der Waals surface area contributed by atoms with Crippen molar-refractivity contribution in [2.24, 2.45) is 0 Å². The van der Waals surface area contributed by atoms with Gasteiger partial charge in [0, 0.05) is 18.2 Å². The van der Waals surface area contributed by atoms with Gasteiger partial charge in [0.25, 0.3) is 10.0 Å². The maximum absolute atomic E-state index is 13.8. The molecule has 0 aliphatic rings. The summed E-state index contributed by atoms with van der Waals surface area (Å²) in [6.07, 6.45) is 0. The van der Waals surface area contributed by atoms with Gasteiger partial charge in [-0.2, -0.15) is 0 Å². The quantitative estimate of drug-likeness (QED) is 0.432. The predicted octanol–water partition coefficient (Wildman–Crippen LogP) is 4.02. The summed E-state index contributed by atoms with van der Waals surface area (Å²) in [4.78, 5) is 12.7. The lowest BCUT2D eigenvalue weighted by Gasteiger charge is -2.25. The molecule has 0 unspecified atom stereocenters. The topological polar surface area (TPSA) is 94.2 Å². The van der Waals surface area contributed by atoms with E-state index in [0.717, 1.165) is 16.4 Å². The van der Waals surface area contributed by atoms with E-state index >= 15 is 0 Å². The summed E-state index contributed by atoms with van der Waals surface area (Å²) in [5.41, 5.74) is 0.723. The second-order valence-electron chi connectivity index (χ2n) is 7.22. The van der Waals surface area contributed by atoms with Crippen molar-refractivity contribution in [2.75, 3.05) is 32.2 Å². The number of methoxy groups -OCH3 is 3. The highest BCUT2D eigenvalue weighted by Gasteiger charge is 2.29. The number of rotatable bonds is 10. The van der Waals surface area contributed by atoms with E-state index < -0.39 is 28.3 Å². The number of hydrogen-bond acceptors (Lipinski definition) is 6. The van der Waals surface area contributed by atoms with Crippen molar-refractivity contribution in [3.05, 3.63) is 77.1 Å². The van der Waals surface area contributed by atoms with Gasteiger partial charge in [-0.15, -0.1) is 0 Å². The monoisotopic (exact) mass is 522 g/mol. The molecule has 11 heteroatoms. The molecule has 0 spiro atoms. The fraction of sp³-hybridized carbons (Fsp3) is 0.208. The minimum atomic E-state index is -4.30. The van der Waals surface area contributed by atoms with E-state index in [0.29, 0.717) is 17.1 Å². The number of anilines is 1. The Balaban J connectivity index is 1.95. The van der Waals surface area contributed by atoms with Gasteiger partial charge in [0.1, 0.15) is 18.1 Å². The molecule has 8 nitrogen and oxygen atoms in total. The molecule has 0 fully saturated rings. The van der Waals surface area contributed by atoms with E-state index in [1.54, 1.807) is 24.3 Å². The molecule has 0 bridgehead atoms. The van der Waals surface area contributed by atoms with Gasteiger partial charge in [0.05, 0.1) is 36.9 Å². The highest BCUT2D eigenvalue weighted by atomic mass is 35.5. The Labute approximate surface area is 208 Å². The number of amides is 1. The Kier molecular flexibility index (Phi) is 8.42. The summed E-state index contributed by atoms with van der Waals surface area (Å²) >= 11 is 5.90. The van der Waals surface area contributed by atoms with Crippen molar-refractivity contribution < 1.29 is 31.8 Å². The summed E-state index contributed by atoms with van der Waals surface area (Å²) in [7, 11) is 0.00294. The molecule has 0 aromatic heterocycles. The number of para-hydroxylation sites is 1. The van der Waals surface area contributed by atoms with Gasteiger partial charge >= 0.3 is 0 Å². The zero-order valence-electron chi connectivity index (χ0n) is 19.2. The highest BCUT2D eigenvalue weighted by molar-refractivity contribution is 7.92. The number of sulfonamides is 1. The fourth-order valence-electron chi connectivity index (χ4n) is 3.29. The number of hydrogen-bond donors (Lipinski definition) is 1. The summed E-state index contributed by atoms with van der Waals surface area (Å²) < 4.78 is 57.5. The minimum Gasteiger partial charge on any atom is -0.496 e. The van der Waals surface area contributed by atoms with Crippen molar-refractivity contribution in [1.29, 1.82) is 0 Å². The first-order chi connectivity index (χ1) is 16.7. The van der Waals surface area contributed by atoms with Crippen LogP contribution in [-0.4, -0.2) is 42.2 Å². The van der Waals surface area contributed by atoms with E-state index in [9.17, 15) is 17.6 Å². The average Bonchev–Trinajstić information content (AvgIpc) is 2.87. The smallest absolute Gasteiger partial charge is 0.264 e. The molecule has 0 atom stereocenters. The average molecular weight is 523 g/mol. The Morgan fingerprint density at radius 1 is 0.943 bits per heavy atom. The summed E-state index contributed by atoms with van der Waals surface area (Å²) in [5, 5.41) is 2.40. The Bertz CT molecular complexity index is 1320. The van der Waals surface area contributed by atoms with E-state index in [4.69, 9.17) is 25.8 Å². The van der Waals surface area contributed by atoms with Gasteiger partial charge < -0.3 is 19.5 Å². The van der Waals surface area contributed by atoms with Crippen LogP contribution < -0.4 is 23.8 Å². The first kappa shape index (κ1) is 26.1. The number of halogens is 2. The van der Waals surface area contributed by atoms with Gasteiger partial charge in [-0.1, -0.05) is 29.8 Å². The number of benzene rings is 3. The van der Waals surface area contributed by atoms with Crippen LogP contribution in [0, 0.1) is 5.82 Å². The van der Waals surface area contributed by atoms with Crippen LogP contribution in [-0.2, 0) is 21.4 Å². The molecule has 1 N–H and O–H groups in total. The van der Waals surface area contributed by atoms with Crippen molar-refractivity contribution >= 4 is 33.2 Å². The maximum atomic E-state index is 13.8. The molecule has 0 saturated heterocycles. The number of nitrogens with one attached hydrogen (secondary N) is 1. The summed E-state index contributed by atoms with van der Waals surface area (Å²) in [5.74, 6) is -0.225. The molecule has 0 aliphatic heterocycles. The lowest BCUT2D eigenvalue weighted by molar-refractivity contribution is -0.119. The van der Waals surface area contributed by atoms with Crippen LogP contribution in [0.15, 0.2) is 65.6 Å². The number of carbonyl (C=O) groups excluding carboxylic acids is 1. The summed E-state index contributed by atoms with van der Waals surface area (Å²) in [6, 6.07) is 14.5. The Morgan fingerprint density at radius 2 is 1.63 bits per heavy atom. The zero-order chi connectivity index (χ0) is 25.6. The number of carbonyl (C=O) groups is 1. The highest BCUT2D eigenvalue weighted by Crippen LogP contribution is 2.33. The minimum absolute atomic E-state index is 0.0126.